The van der Waals surface area contributed by atoms with E-state index in [1.807, 2.05) is 0 Å². The summed E-state index contributed by atoms with van der Waals surface area (Å²) in [5.74, 6) is 0. The van der Waals surface area contributed by atoms with E-state index in [0.717, 1.165) is 6.04 Å². The zero-order valence-electron chi connectivity index (χ0n) is 6.09. The molecule has 0 aromatic carbocycles. The zero-order chi connectivity index (χ0) is 6.97. The first kappa shape index (κ1) is 7.31. The Morgan fingerprint density at radius 2 is 2.10 bits per heavy atom. The molecule has 1 atom stereocenters. The van der Waals surface area contributed by atoms with Crippen molar-refractivity contribution in [2.75, 3.05) is 26.2 Å². The monoisotopic (exact) mass is 252 g/mol. The van der Waals surface area contributed by atoms with Crippen LogP contribution >= 0.6 is 22.9 Å². The van der Waals surface area contributed by atoms with Crippen molar-refractivity contribution in [1.82, 2.24) is 8.01 Å². The molecule has 0 amide bonds. The predicted molar refractivity (Wildman–Crippen MR) is 50.2 cm³/mol. The topological polar surface area (TPSA) is 6.48 Å². The number of nitrogens with zero attached hydrogens (tertiary/aromatic N) is 2. The minimum Gasteiger partial charge on any atom is -0.298 e. The van der Waals surface area contributed by atoms with Crippen LogP contribution in [-0.2, 0) is 0 Å². The molecular weight excluding hydrogens is 239 g/mol. The number of rotatable bonds is 0. The second-order valence-corrected chi connectivity index (χ2v) is 4.57. The van der Waals surface area contributed by atoms with Crippen molar-refractivity contribution < 1.29 is 0 Å². The minimum absolute atomic E-state index is 0.894. The average molecular weight is 252 g/mol. The third-order valence-corrected chi connectivity index (χ3v) is 3.41. The van der Waals surface area contributed by atoms with Gasteiger partial charge in [-0.1, -0.05) is 0 Å². The van der Waals surface area contributed by atoms with Gasteiger partial charge in [-0.3, -0.25) is 4.90 Å². The Labute approximate surface area is 76.1 Å². The van der Waals surface area contributed by atoms with E-state index in [1.165, 1.54) is 39.0 Å². The quantitative estimate of drug-likeness (QED) is 0.471. The van der Waals surface area contributed by atoms with E-state index in [4.69, 9.17) is 0 Å². The summed E-state index contributed by atoms with van der Waals surface area (Å²) in [5, 5.41) is 0. The van der Waals surface area contributed by atoms with Crippen molar-refractivity contribution in [3.05, 3.63) is 0 Å². The standard InChI is InChI=1S/C7H13IN2/c8-10-5-4-9-3-1-2-7(9)6-10/h7H,1-6H2. The molecule has 0 aromatic heterocycles. The predicted octanol–water partition coefficient (Wildman–Crippen LogP) is 1.12. The highest BCUT2D eigenvalue weighted by atomic mass is 127. The first-order valence-electron chi connectivity index (χ1n) is 4.01. The molecule has 3 heteroatoms. The highest BCUT2D eigenvalue weighted by Crippen LogP contribution is 2.22. The molecule has 0 radical (unpaired) electrons. The molecule has 2 heterocycles. The fraction of sp³-hybridized carbons (Fsp3) is 1.00. The number of halogens is 1. The molecule has 2 aliphatic heterocycles. The Morgan fingerprint density at radius 1 is 1.20 bits per heavy atom. The first-order valence-corrected chi connectivity index (χ1v) is 4.97. The van der Waals surface area contributed by atoms with Crippen molar-refractivity contribution in [2.45, 2.75) is 18.9 Å². The maximum atomic E-state index is 2.63. The van der Waals surface area contributed by atoms with E-state index in [-0.39, 0.29) is 0 Å². The molecule has 2 fully saturated rings. The highest BCUT2D eigenvalue weighted by molar-refractivity contribution is 14.1. The van der Waals surface area contributed by atoms with Crippen LogP contribution in [0.15, 0.2) is 0 Å². The van der Waals surface area contributed by atoms with Crippen molar-refractivity contribution in [2.24, 2.45) is 0 Å². The van der Waals surface area contributed by atoms with Gasteiger partial charge < -0.3 is 0 Å². The van der Waals surface area contributed by atoms with Crippen molar-refractivity contribution in [3.8, 4) is 0 Å². The van der Waals surface area contributed by atoms with Crippen LogP contribution in [0.4, 0.5) is 0 Å². The van der Waals surface area contributed by atoms with Gasteiger partial charge in [-0.15, -0.1) is 0 Å². The summed E-state index contributed by atoms with van der Waals surface area (Å²) < 4.78 is 2.42. The SMILES string of the molecule is IN1CCN2CCCC2C1. The van der Waals surface area contributed by atoms with E-state index < -0.39 is 0 Å². The third-order valence-electron chi connectivity index (χ3n) is 2.54. The Hall–Kier alpha value is 0.650. The van der Waals surface area contributed by atoms with Gasteiger partial charge in [0.2, 0.25) is 0 Å². The van der Waals surface area contributed by atoms with Gasteiger partial charge in [0, 0.05) is 48.5 Å². The number of fused-ring (bicyclic) bond motifs is 1. The maximum Gasteiger partial charge on any atom is 0.0238 e. The Morgan fingerprint density at radius 3 is 3.00 bits per heavy atom. The van der Waals surface area contributed by atoms with Crippen molar-refractivity contribution >= 4 is 22.9 Å². The molecule has 1 unspecified atom stereocenters. The van der Waals surface area contributed by atoms with Crippen molar-refractivity contribution in [3.63, 3.8) is 0 Å². The van der Waals surface area contributed by atoms with Crippen LogP contribution in [0.3, 0.4) is 0 Å². The molecule has 10 heavy (non-hydrogen) atoms. The van der Waals surface area contributed by atoms with Gasteiger partial charge in [0.05, 0.1) is 0 Å². The van der Waals surface area contributed by atoms with Crippen LogP contribution in [0.5, 0.6) is 0 Å². The van der Waals surface area contributed by atoms with Crippen LogP contribution < -0.4 is 0 Å². The number of hydrogen-bond donors (Lipinski definition) is 0. The molecule has 0 saturated carbocycles. The fourth-order valence-electron chi connectivity index (χ4n) is 1.95. The minimum atomic E-state index is 0.894. The van der Waals surface area contributed by atoms with E-state index in [0.29, 0.717) is 0 Å². The lowest BCUT2D eigenvalue weighted by Crippen LogP contribution is -2.46. The lowest BCUT2D eigenvalue weighted by molar-refractivity contribution is 0.175. The van der Waals surface area contributed by atoms with Gasteiger partial charge >= 0.3 is 0 Å². The summed E-state index contributed by atoms with van der Waals surface area (Å²) in [6.45, 7) is 5.21. The van der Waals surface area contributed by atoms with Gasteiger partial charge in [-0.2, -0.15) is 0 Å². The normalized spacial score (nSPS) is 36.3. The molecular formula is C7H13IN2. The van der Waals surface area contributed by atoms with Crippen LogP contribution in [-0.4, -0.2) is 40.2 Å². The molecule has 2 aliphatic rings. The second kappa shape index (κ2) is 2.95. The molecule has 2 rings (SSSR count). The smallest absolute Gasteiger partial charge is 0.0238 e. The lowest BCUT2D eigenvalue weighted by Gasteiger charge is -2.33. The summed E-state index contributed by atoms with van der Waals surface area (Å²) in [4.78, 5) is 2.63. The Kier molecular flexibility index (Phi) is 2.15. The van der Waals surface area contributed by atoms with Crippen LogP contribution in [0.25, 0.3) is 0 Å². The second-order valence-electron chi connectivity index (χ2n) is 3.20. The molecule has 0 N–H and O–H groups in total. The maximum absolute atomic E-state index is 2.63. The number of hydrogen-bond acceptors (Lipinski definition) is 2. The van der Waals surface area contributed by atoms with Gasteiger partial charge in [-0.05, 0) is 19.4 Å². The molecule has 58 valence electrons. The molecule has 0 bridgehead atoms. The van der Waals surface area contributed by atoms with E-state index in [9.17, 15) is 0 Å². The van der Waals surface area contributed by atoms with E-state index in [2.05, 4.69) is 30.9 Å². The van der Waals surface area contributed by atoms with Gasteiger partial charge in [-0.25, -0.2) is 3.11 Å². The highest BCUT2D eigenvalue weighted by Gasteiger charge is 2.29. The van der Waals surface area contributed by atoms with E-state index >= 15 is 0 Å². The summed E-state index contributed by atoms with van der Waals surface area (Å²) in [7, 11) is 0. The van der Waals surface area contributed by atoms with E-state index in [1.54, 1.807) is 0 Å². The summed E-state index contributed by atoms with van der Waals surface area (Å²) in [5.41, 5.74) is 0. The van der Waals surface area contributed by atoms with Crippen LogP contribution in [0.1, 0.15) is 12.8 Å². The summed E-state index contributed by atoms with van der Waals surface area (Å²) >= 11 is 2.44. The Balaban J connectivity index is 1.96. The number of piperazine rings is 1. The third kappa shape index (κ3) is 1.31. The summed E-state index contributed by atoms with van der Waals surface area (Å²) in [6.07, 6.45) is 2.86. The molecule has 2 saturated heterocycles. The molecule has 0 aromatic rings. The average Bonchev–Trinajstić information content (AvgIpc) is 2.33. The van der Waals surface area contributed by atoms with Crippen LogP contribution in [0, 0.1) is 0 Å². The van der Waals surface area contributed by atoms with Gasteiger partial charge in [0.25, 0.3) is 0 Å². The lowest BCUT2D eigenvalue weighted by atomic mass is 10.2. The van der Waals surface area contributed by atoms with Crippen molar-refractivity contribution in [1.29, 1.82) is 0 Å². The Bertz CT molecular complexity index is 129. The largest absolute Gasteiger partial charge is 0.298 e. The molecule has 0 spiro atoms. The zero-order valence-corrected chi connectivity index (χ0v) is 8.25. The fourth-order valence-corrected chi connectivity index (χ4v) is 2.62. The van der Waals surface area contributed by atoms with Gasteiger partial charge in [0.1, 0.15) is 0 Å². The molecule has 2 nitrogen and oxygen atoms in total. The first-order chi connectivity index (χ1) is 4.86. The van der Waals surface area contributed by atoms with Crippen LogP contribution in [0.2, 0.25) is 0 Å². The summed E-state index contributed by atoms with van der Waals surface area (Å²) in [6, 6.07) is 0.894. The molecule has 0 aliphatic carbocycles. The van der Waals surface area contributed by atoms with Gasteiger partial charge in [0.15, 0.2) is 0 Å².